The number of tetrazole rings is 1. The number of benzene rings is 2. The van der Waals surface area contributed by atoms with E-state index in [1.54, 1.807) is 6.20 Å². The number of rotatable bonds is 4. The Morgan fingerprint density at radius 1 is 1.00 bits per heavy atom. The van der Waals surface area contributed by atoms with Crippen molar-refractivity contribution in [2.75, 3.05) is 7.11 Å². The highest BCUT2D eigenvalue weighted by molar-refractivity contribution is 5.80. The number of methoxy groups -OCH3 is 1. The van der Waals surface area contributed by atoms with Gasteiger partial charge in [-0.15, -0.1) is 10.2 Å². The first-order valence-electron chi connectivity index (χ1n) is 8.80. The molecule has 2 heterocycles. The first-order valence-corrected chi connectivity index (χ1v) is 8.80. The van der Waals surface area contributed by atoms with Gasteiger partial charge < -0.3 is 9.30 Å². The predicted octanol–water partition coefficient (Wildman–Crippen LogP) is 3.31. The molecule has 0 saturated carbocycles. The summed E-state index contributed by atoms with van der Waals surface area (Å²) in [5, 5.41) is 14.3. The summed E-state index contributed by atoms with van der Waals surface area (Å²) in [5.41, 5.74) is 5.37. The number of nitrogens with one attached hydrogen (secondary N) is 1. The Labute approximate surface area is 161 Å². The van der Waals surface area contributed by atoms with E-state index >= 15 is 0 Å². The third-order valence-corrected chi connectivity index (χ3v) is 4.90. The fourth-order valence-electron chi connectivity index (χ4n) is 3.22. The van der Waals surface area contributed by atoms with Gasteiger partial charge in [0.25, 0.3) is 0 Å². The SMILES string of the molecule is COc1cn(-c2ccc(-c3ccccc3-c3nn[nH]n3)cc2)c(C)c(C)c1=O. The van der Waals surface area contributed by atoms with Crippen molar-refractivity contribution >= 4 is 0 Å². The molecule has 0 atom stereocenters. The zero-order valence-corrected chi connectivity index (χ0v) is 15.8. The summed E-state index contributed by atoms with van der Waals surface area (Å²) in [4.78, 5) is 12.2. The standard InChI is InChI=1S/C21H19N5O2/c1-13-14(2)26(12-19(28-3)20(13)27)16-10-8-15(9-11-16)17-6-4-5-7-18(17)21-22-24-25-23-21/h4-12H,1-3H3,(H,22,23,24,25). The smallest absolute Gasteiger partial charge is 0.226 e. The van der Waals surface area contributed by atoms with Crippen molar-refractivity contribution in [2.45, 2.75) is 13.8 Å². The maximum Gasteiger partial charge on any atom is 0.226 e. The Bertz CT molecular complexity index is 1180. The predicted molar refractivity (Wildman–Crippen MR) is 107 cm³/mol. The van der Waals surface area contributed by atoms with Crippen LogP contribution in [0.1, 0.15) is 11.3 Å². The van der Waals surface area contributed by atoms with Gasteiger partial charge in [0.05, 0.1) is 13.3 Å². The molecule has 0 radical (unpaired) electrons. The van der Waals surface area contributed by atoms with Gasteiger partial charge in [0.2, 0.25) is 11.3 Å². The second kappa shape index (κ2) is 7.11. The molecule has 4 aromatic rings. The average molecular weight is 373 g/mol. The molecular formula is C21H19N5O2. The van der Waals surface area contributed by atoms with Crippen LogP contribution in [0.25, 0.3) is 28.2 Å². The van der Waals surface area contributed by atoms with E-state index in [0.29, 0.717) is 17.1 Å². The van der Waals surface area contributed by atoms with Crippen molar-refractivity contribution in [2.24, 2.45) is 0 Å². The molecule has 0 amide bonds. The highest BCUT2D eigenvalue weighted by Gasteiger charge is 2.13. The van der Waals surface area contributed by atoms with Gasteiger partial charge >= 0.3 is 0 Å². The molecule has 2 aromatic heterocycles. The van der Waals surface area contributed by atoms with Crippen LogP contribution in [0.15, 0.2) is 59.5 Å². The number of pyridine rings is 1. The lowest BCUT2D eigenvalue weighted by Gasteiger charge is -2.15. The molecule has 0 spiro atoms. The normalized spacial score (nSPS) is 10.8. The van der Waals surface area contributed by atoms with Crippen molar-refractivity contribution in [3.05, 3.63) is 76.2 Å². The Kier molecular flexibility index (Phi) is 4.49. The van der Waals surface area contributed by atoms with Crippen LogP contribution < -0.4 is 10.2 Å². The third kappa shape index (κ3) is 2.96. The summed E-state index contributed by atoms with van der Waals surface area (Å²) in [5.74, 6) is 0.880. The molecule has 0 aliphatic carbocycles. The Morgan fingerprint density at radius 2 is 1.71 bits per heavy atom. The van der Waals surface area contributed by atoms with Gasteiger partial charge in [-0.05, 0) is 42.3 Å². The number of aromatic nitrogens is 5. The highest BCUT2D eigenvalue weighted by atomic mass is 16.5. The van der Waals surface area contributed by atoms with E-state index in [1.807, 2.05) is 66.9 Å². The zero-order valence-electron chi connectivity index (χ0n) is 15.8. The van der Waals surface area contributed by atoms with Crippen molar-refractivity contribution < 1.29 is 4.74 Å². The van der Waals surface area contributed by atoms with Crippen LogP contribution in [-0.4, -0.2) is 32.3 Å². The maximum atomic E-state index is 12.2. The number of hydrogen-bond acceptors (Lipinski definition) is 5. The minimum absolute atomic E-state index is 0.0816. The maximum absolute atomic E-state index is 12.2. The van der Waals surface area contributed by atoms with Crippen LogP contribution in [0.3, 0.4) is 0 Å². The number of H-pyrrole nitrogens is 1. The summed E-state index contributed by atoms with van der Waals surface area (Å²) in [6.45, 7) is 3.74. The van der Waals surface area contributed by atoms with Gasteiger partial charge in [-0.25, -0.2) is 0 Å². The van der Waals surface area contributed by atoms with Crippen LogP contribution in [-0.2, 0) is 0 Å². The van der Waals surface area contributed by atoms with Crippen molar-refractivity contribution in [1.82, 2.24) is 25.2 Å². The lowest BCUT2D eigenvalue weighted by atomic mass is 9.99. The van der Waals surface area contributed by atoms with Crippen LogP contribution in [0.4, 0.5) is 0 Å². The van der Waals surface area contributed by atoms with Crippen LogP contribution in [0.5, 0.6) is 5.75 Å². The lowest BCUT2D eigenvalue weighted by molar-refractivity contribution is 0.406. The Balaban J connectivity index is 1.78. The quantitative estimate of drug-likeness (QED) is 0.593. The van der Waals surface area contributed by atoms with E-state index in [1.165, 1.54) is 7.11 Å². The lowest BCUT2D eigenvalue weighted by Crippen LogP contribution is -2.16. The molecule has 0 bridgehead atoms. The molecule has 0 saturated heterocycles. The molecule has 0 aliphatic rings. The zero-order chi connectivity index (χ0) is 19.7. The first-order chi connectivity index (χ1) is 13.6. The van der Waals surface area contributed by atoms with Gasteiger partial charge in [0.1, 0.15) is 0 Å². The Hall–Kier alpha value is -3.74. The van der Waals surface area contributed by atoms with Crippen molar-refractivity contribution in [1.29, 1.82) is 0 Å². The third-order valence-electron chi connectivity index (χ3n) is 4.90. The second-order valence-electron chi connectivity index (χ2n) is 6.43. The van der Waals surface area contributed by atoms with E-state index in [-0.39, 0.29) is 5.43 Å². The van der Waals surface area contributed by atoms with Crippen LogP contribution >= 0.6 is 0 Å². The molecule has 0 aliphatic heterocycles. The van der Waals surface area contributed by atoms with Gasteiger partial charge in [0.15, 0.2) is 5.75 Å². The van der Waals surface area contributed by atoms with E-state index in [9.17, 15) is 4.79 Å². The monoisotopic (exact) mass is 373 g/mol. The largest absolute Gasteiger partial charge is 0.491 e. The fraction of sp³-hybridized carbons (Fsp3) is 0.143. The molecule has 0 fully saturated rings. The molecule has 28 heavy (non-hydrogen) atoms. The van der Waals surface area contributed by atoms with Crippen molar-refractivity contribution in [3.63, 3.8) is 0 Å². The Morgan fingerprint density at radius 3 is 2.36 bits per heavy atom. The highest BCUT2D eigenvalue weighted by Crippen LogP contribution is 2.30. The summed E-state index contributed by atoms with van der Waals surface area (Å²) in [6.07, 6.45) is 1.73. The molecule has 7 heteroatoms. The van der Waals surface area contributed by atoms with Crippen molar-refractivity contribution in [3.8, 4) is 34.0 Å². The molecular weight excluding hydrogens is 354 g/mol. The molecule has 1 N–H and O–H groups in total. The van der Waals surface area contributed by atoms with Gasteiger partial charge in [-0.1, -0.05) is 36.4 Å². The fourth-order valence-corrected chi connectivity index (χ4v) is 3.22. The minimum atomic E-state index is -0.0816. The molecule has 4 rings (SSSR count). The molecule has 2 aromatic carbocycles. The number of hydrogen-bond donors (Lipinski definition) is 1. The molecule has 140 valence electrons. The van der Waals surface area contributed by atoms with E-state index < -0.39 is 0 Å². The summed E-state index contributed by atoms with van der Waals surface area (Å²) in [7, 11) is 1.51. The van der Waals surface area contributed by atoms with E-state index in [0.717, 1.165) is 28.1 Å². The molecule has 7 nitrogen and oxygen atoms in total. The minimum Gasteiger partial charge on any atom is -0.491 e. The summed E-state index contributed by atoms with van der Waals surface area (Å²) < 4.78 is 7.20. The van der Waals surface area contributed by atoms with Gasteiger partial charge in [0, 0.05) is 22.5 Å². The van der Waals surface area contributed by atoms with Crippen LogP contribution in [0, 0.1) is 13.8 Å². The second-order valence-corrected chi connectivity index (χ2v) is 6.43. The number of nitrogens with zero attached hydrogens (tertiary/aromatic N) is 4. The summed E-state index contributed by atoms with van der Waals surface area (Å²) in [6, 6.07) is 16.0. The van der Waals surface area contributed by atoms with Gasteiger partial charge in [-0.3, -0.25) is 4.79 Å². The van der Waals surface area contributed by atoms with Crippen LogP contribution in [0.2, 0.25) is 0 Å². The number of ether oxygens (including phenoxy) is 1. The average Bonchev–Trinajstić information content (AvgIpc) is 3.27. The topological polar surface area (TPSA) is 85.7 Å². The summed E-state index contributed by atoms with van der Waals surface area (Å²) >= 11 is 0. The van der Waals surface area contributed by atoms with E-state index in [2.05, 4.69) is 20.6 Å². The first kappa shape index (κ1) is 17.7. The van der Waals surface area contributed by atoms with Gasteiger partial charge in [-0.2, -0.15) is 5.21 Å². The number of aromatic amines is 1. The molecule has 0 unspecified atom stereocenters. The van der Waals surface area contributed by atoms with E-state index in [4.69, 9.17) is 4.74 Å².